The minimum atomic E-state index is -0.491. The number of rotatable bonds is 12. The van der Waals surface area contributed by atoms with Gasteiger partial charge in [0.15, 0.2) is 11.5 Å². The highest BCUT2D eigenvalue weighted by Crippen LogP contribution is 2.43. The molecule has 3 heterocycles. The molecule has 0 radical (unpaired) electrons. The highest BCUT2D eigenvalue weighted by atomic mass is 79.9. The molecule has 0 unspecified atom stereocenters. The van der Waals surface area contributed by atoms with E-state index in [1.165, 1.54) is 22.7 Å². The van der Waals surface area contributed by atoms with Crippen LogP contribution in [0.15, 0.2) is 42.0 Å². The average Bonchev–Trinajstić information content (AvgIpc) is 3.61. The summed E-state index contributed by atoms with van der Waals surface area (Å²) >= 11 is 10.9. The largest absolute Gasteiger partial charge is 0.488 e. The van der Waals surface area contributed by atoms with Crippen LogP contribution in [0.2, 0.25) is 0 Å². The Morgan fingerprint density at radius 1 is 0.757 bits per heavy atom. The zero-order chi connectivity index (χ0) is 26.9. The van der Waals surface area contributed by atoms with Crippen LogP contribution in [0.5, 0.6) is 11.5 Å². The van der Waals surface area contributed by atoms with E-state index in [-0.39, 0.29) is 21.3 Å². The normalized spacial score (nSPS) is 11.9. The number of nitrogens with one attached hydrogen (secondary N) is 2. The Bertz CT molecular complexity index is 1220. The Labute approximate surface area is 244 Å². The summed E-state index contributed by atoms with van der Waals surface area (Å²) in [6, 6.07) is 7.66. The van der Waals surface area contributed by atoms with Crippen molar-refractivity contribution < 1.29 is 19.1 Å². The fourth-order valence-corrected chi connectivity index (χ4v) is 6.50. The number of halogens is 2. The number of thiophene rings is 3. The zero-order valence-corrected chi connectivity index (χ0v) is 26.3. The second-order valence-corrected chi connectivity index (χ2v) is 13.5. The van der Waals surface area contributed by atoms with Crippen LogP contribution in [0.25, 0.3) is 0 Å². The van der Waals surface area contributed by atoms with E-state index in [1.807, 2.05) is 52.0 Å². The zero-order valence-electron chi connectivity index (χ0n) is 20.6. The van der Waals surface area contributed by atoms with Crippen LogP contribution in [0, 0.1) is 0 Å². The predicted molar refractivity (Wildman–Crippen MR) is 159 cm³/mol. The molecular formula is C24H26Br2N4O4S3. The van der Waals surface area contributed by atoms with Gasteiger partial charge in [-0.25, -0.2) is 10.9 Å². The van der Waals surface area contributed by atoms with Gasteiger partial charge in [-0.15, -0.1) is 34.0 Å². The summed E-state index contributed by atoms with van der Waals surface area (Å²) < 4.78 is 13.8. The third-order valence-electron chi connectivity index (χ3n) is 4.65. The first-order chi connectivity index (χ1) is 17.7. The Morgan fingerprint density at radius 2 is 1.16 bits per heavy atom. The first kappa shape index (κ1) is 29.5. The summed E-state index contributed by atoms with van der Waals surface area (Å²) in [7, 11) is 0. The molecule has 0 aliphatic rings. The van der Waals surface area contributed by atoms with Crippen LogP contribution in [0.1, 0.15) is 69.6 Å². The molecule has 0 bridgehead atoms. The molecule has 8 nitrogen and oxygen atoms in total. The Morgan fingerprint density at radius 3 is 1.49 bits per heavy atom. The van der Waals surface area contributed by atoms with Gasteiger partial charge in [0.2, 0.25) is 0 Å². The summed E-state index contributed by atoms with van der Waals surface area (Å²) in [5, 5.41) is 8.48. The SMILES string of the molecule is CCCOc1c(C(=O)N/N=C(/C)c2ccc(Br)s2)sc(C(=O)N/N=C(/C)c2ccc(Br)s2)c1OCCC. The standard InChI is InChI=1S/C24H26Br2N4O4S3/c1-5-11-33-19-20(34-12-6-2)22(24(32)30-28-14(4)16-8-10-18(26)36-16)37-21(19)23(31)29-27-13(3)15-7-9-17(25)35-15/h7-10H,5-6,11-12H2,1-4H3,(H,29,31)(H,30,32)/b27-13-,28-14-. The lowest BCUT2D eigenvalue weighted by atomic mass is 10.3. The molecule has 13 heteroatoms. The minimum Gasteiger partial charge on any atom is -0.488 e. The van der Waals surface area contributed by atoms with Crippen molar-refractivity contribution in [1.29, 1.82) is 0 Å². The Hall–Kier alpha value is -2.06. The van der Waals surface area contributed by atoms with E-state index in [1.54, 1.807) is 0 Å². The lowest BCUT2D eigenvalue weighted by Crippen LogP contribution is -2.19. The van der Waals surface area contributed by atoms with Crippen molar-refractivity contribution in [3.63, 3.8) is 0 Å². The van der Waals surface area contributed by atoms with Gasteiger partial charge in [-0.2, -0.15) is 10.2 Å². The van der Waals surface area contributed by atoms with Crippen molar-refractivity contribution in [2.75, 3.05) is 13.2 Å². The Balaban J connectivity index is 1.91. The Kier molecular flexibility index (Phi) is 11.3. The summed E-state index contributed by atoms with van der Waals surface area (Å²) in [5.74, 6) is -0.515. The van der Waals surface area contributed by atoms with Crippen molar-refractivity contribution in [2.24, 2.45) is 10.2 Å². The average molecular weight is 691 g/mol. The number of ether oxygens (including phenoxy) is 2. The summed E-state index contributed by atoms with van der Waals surface area (Å²) in [4.78, 5) is 28.6. The maximum atomic E-state index is 13.2. The molecule has 37 heavy (non-hydrogen) atoms. The second kappa shape index (κ2) is 14.2. The molecule has 3 rings (SSSR count). The first-order valence-electron chi connectivity index (χ1n) is 11.4. The van der Waals surface area contributed by atoms with Crippen LogP contribution < -0.4 is 20.3 Å². The van der Waals surface area contributed by atoms with E-state index >= 15 is 0 Å². The van der Waals surface area contributed by atoms with E-state index in [0.29, 0.717) is 24.6 Å². The van der Waals surface area contributed by atoms with Crippen molar-refractivity contribution in [3.05, 3.63) is 51.3 Å². The number of carbonyl (C=O) groups excluding carboxylic acids is 2. The van der Waals surface area contributed by atoms with Gasteiger partial charge in [-0.1, -0.05) is 13.8 Å². The van der Waals surface area contributed by atoms with Crippen LogP contribution >= 0.6 is 65.9 Å². The number of carbonyl (C=O) groups is 2. The molecule has 0 fully saturated rings. The molecule has 0 aliphatic heterocycles. The quantitative estimate of drug-likeness (QED) is 0.154. The van der Waals surface area contributed by atoms with Gasteiger partial charge < -0.3 is 9.47 Å². The van der Waals surface area contributed by atoms with Gasteiger partial charge in [0.1, 0.15) is 9.75 Å². The number of hydrogen-bond donors (Lipinski definition) is 2. The fraction of sp³-hybridized carbons (Fsp3) is 0.333. The lowest BCUT2D eigenvalue weighted by molar-refractivity contribution is 0.0945. The molecule has 3 aromatic rings. The van der Waals surface area contributed by atoms with Gasteiger partial charge in [-0.05, 0) is 82.8 Å². The topological polar surface area (TPSA) is 101 Å². The molecule has 0 saturated carbocycles. The van der Waals surface area contributed by atoms with E-state index in [4.69, 9.17) is 9.47 Å². The van der Waals surface area contributed by atoms with Crippen molar-refractivity contribution >= 4 is 89.1 Å². The fourth-order valence-electron chi connectivity index (χ4n) is 2.87. The van der Waals surface area contributed by atoms with Crippen LogP contribution in [-0.4, -0.2) is 36.5 Å². The molecule has 0 spiro atoms. The smallest absolute Gasteiger partial charge is 0.285 e. The van der Waals surface area contributed by atoms with E-state index < -0.39 is 11.8 Å². The summed E-state index contributed by atoms with van der Waals surface area (Å²) in [6.45, 7) is 8.25. The van der Waals surface area contributed by atoms with Crippen LogP contribution in [0.4, 0.5) is 0 Å². The van der Waals surface area contributed by atoms with E-state index in [2.05, 4.69) is 52.9 Å². The molecule has 0 saturated heterocycles. The highest BCUT2D eigenvalue weighted by Gasteiger charge is 2.29. The highest BCUT2D eigenvalue weighted by molar-refractivity contribution is 9.11. The van der Waals surface area contributed by atoms with Crippen LogP contribution in [-0.2, 0) is 0 Å². The number of hydrazone groups is 2. The van der Waals surface area contributed by atoms with Gasteiger partial charge in [-0.3, -0.25) is 9.59 Å². The molecule has 0 atom stereocenters. The van der Waals surface area contributed by atoms with Gasteiger partial charge >= 0.3 is 0 Å². The monoisotopic (exact) mass is 688 g/mol. The molecule has 198 valence electrons. The maximum Gasteiger partial charge on any atom is 0.285 e. The molecule has 0 aromatic carbocycles. The van der Waals surface area contributed by atoms with Crippen molar-refractivity contribution in [1.82, 2.24) is 10.9 Å². The van der Waals surface area contributed by atoms with Crippen molar-refractivity contribution in [3.8, 4) is 11.5 Å². The lowest BCUT2D eigenvalue weighted by Gasteiger charge is -2.11. The van der Waals surface area contributed by atoms with Crippen molar-refractivity contribution in [2.45, 2.75) is 40.5 Å². The van der Waals surface area contributed by atoms with Gasteiger partial charge in [0.05, 0.1) is 42.0 Å². The molecule has 0 aliphatic carbocycles. The number of nitrogens with zero attached hydrogens (tertiary/aromatic N) is 2. The second-order valence-electron chi connectivity index (χ2n) is 7.60. The van der Waals surface area contributed by atoms with Gasteiger partial charge in [0.25, 0.3) is 11.8 Å². The van der Waals surface area contributed by atoms with Crippen LogP contribution in [0.3, 0.4) is 0 Å². The van der Waals surface area contributed by atoms with E-state index in [0.717, 1.165) is 41.5 Å². The third kappa shape index (κ3) is 7.96. The molecule has 3 aromatic heterocycles. The summed E-state index contributed by atoms with van der Waals surface area (Å²) in [6.07, 6.45) is 1.44. The number of hydrogen-bond acceptors (Lipinski definition) is 9. The molecule has 2 amide bonds. The van der Waals surface area contributed by atoms with E-state index in [9.17, 15) is 9.59 Å². The number of amides is 2. The molecular weight excluding hydrogens is 664 g/mol. The third-order valence-corrected chi connectivity index (χ3v) is 9.26. The maximum absolute atomic E-state index is 13.2. The first-order valence-corrected chi connectivity index (χ1v) is 15.4. The molecule has 2 N–H and O–H groups in total. The van der Waals surface area contributed by atoms with Gasteiger partial charge in [0, 0.05) is 0 Å². The minimum absolute atomic E-state index is 0.205. The summed E-state index contributed by atoms with van der Waals surface area (Å²) in [5.41, 5.74) is 6.48. The predicted octanol–water partition coefficient (Wildman–Crippen LogP) is 7.28.